The summed E-state index contributed by atoms with van der Waals surface area (Å²) in [5, 5.41) is 4.83. The Labute approximate surface area is 327 Å². The van der Waals surface area contributed by atoms with Crippen LogP contribution in [0.2, 0.25) is 0 Å². The molecule has 0 atom stereocenters. The summed E-state index contributed by atoms with van der Waals surface area (Å²) < 4.78 is 8.85. The molecule has 3 heterocycles. The van der Waals surface area contributed by atoms with Crippen molar-refractivity contribution in [2.75, 3.05) is 0 Å². The molecular formula is C52H32N2OS. The van der Waals surface area contributed by atoms with Gasteiger partial charge in [-0.2, -0.15) is 0 Å². The van der Waals surface area contributed by atoms with E-state index in [0.29, 0.717) is 5.82 Å². The van der Waals surface area contributed by atoms with Crippen LogP contribution in [0.1, 0.15) is 0 Å². The maximum Gasteiger partial charge on any atom is 0.160 e. The van der Waals surface area contributed by atoms with Gasteiger partial charge in [0.1, 0.15) is 11.2 Å². The molecule has 262 valence electrons. The molecule has 4 heteroatoms. The van der Waals surface area contributed by atoms with Crippen molar-refractivity contribution in [1.82, 2.24) is 9.97 Å². The van der Waals surface area contributed by atoms with E-state index in [4.69, 9.17) is 14.4 Å². The maximum absolute atomic E-state index is 6.22. The van der Waals surface area contributed by atoms with Crippen LogP contribution >= 0.6 is 11.3 Å². The summed E-state index contributed by atoms with van der Waals surface area (Å²) in [4.78, 5) is 10.3. The molecule has 0 radical (unpaired) electrons. The van der Waals surface area contributed by atoms with E-state index in [1.807, 2.05) is 47.7 Å². The molecule has 0 unspecified atom stereocenters. The van der Waals surface area contributed by atoms with E-state index in [0.717, 1.165) is 72.3 Å². The minimum Gasteiger partial charge on any atom is -0.456 e. The van der Waals surface area contributed by atoms with Crippen molar-refractivity contribution in [1.29, 1.82) is 0 Å². The molecule has 0 saturated carbocycles. The average molecular weight is 733 g/mol. The summed E-state index contributed by atoms with van der Waals surface area (Å²) in [5.41, 5.74) is 13.5. The molecule has 0 fully saturated rings. The van der Waals surface area contributed by atoms with Crippen LogP contribution in [0.15, 0.2) is 199 Å². The normalized spacial score (nSPS) is 11.6. The van der Waals surface area contributed by atoms with E-state index in [1.54, 1.807) is 0 Å². The van der Waals surface area contributed by atoms with Crippen LogP contribution in [0.5, 0.6) is 0 Å². The predicted molar refractivity (Wildman–Crippen MR) is 235 cm³/mol. The molecule has 0 N–H and O–H groups in total. The predicted octanol–water partition coefficient (Wildman–Crippen LogP) is 14.7. The minimum atomic E-state index is 0.694. The van der Waals surface area contributed by atoms with Gasteiger partial charge in [0.2, 0.25) is 0 Å². The van der Waals surface area contributed by atoms with Crippen molar-refractivity contribution in [3.8, 4) is 67.3 Å². The second-order valence-electron chi connectivity index (χ2n) is 14.2. The number of hydrogen-bond donors (Lipinski definition) is 0. The van der Waals surface area contributed by atoms with Crippen LogP contribution in [0, 0.1) is 0 Å². The smallest absolute Gasteiger partial charge is 0.160 e. The number of thiophene rings is 1. The first-order valence-electron chi connectivity index (χ1n) is 18.8. The fourth-order valence-electron chi connectivity index (χ4n) is 7.90. The maximum atomic E-state index is 6.22. The third-order valence-electron chi connectivity index (χ3n) is 10.7. The third-order valence-corrected chi connectivity index (χ3v) is 11.9. The van der Waals surface area contributed by atoms with E-state index in [-0.39, 0.29) is 0 Å². The molecular weight excluding hydrogens is 701 g/mol. The van der Waals surface area contributed by atoms with Gasteiger partial charge in [-0.25, -0.2) is 9.97 Å². The zero-order valence-corrected chi connectivity index (χ0v) is 31.0. The Morgan fingerprint density at radius 1 is 0.339 bits per heavy atom. The van der Waals surface area contributed by atoms with E-state index < -0.39 is 0 Å². The van der Waals surface area contributed by atoms with Crippen LogP contribution in [0.3, 0.4) is 0 Å². The quantitative estimate of drug-likeness (QED) is 0.171. The fraction of sp³-hybridized carbons (Fsp3) is 0. The Morgan fingerprint density at radius 3 is 1.73 bits per heavy atom. The van der Waals surface area contributed by atoms with E-state index >= 15 is 0 Å². The van der Waals surface area contributed by atoms with E-state index in [1.165, 1.54) is 31.3 Å². The van der Waals surface area contributed by atoms with Crippen molar-refractivity contribution < 1.29 is 4.42 Å². The first-order valence-corrected chi connectivity index (χ1v) is 19.6. The minimum absolute atomic E-state index is 0.694. The van der Waals surface area contributed by atoms with Crippen molar-refractivity contribution in [3.63, 3.8) is 0 Å². The number of hydrogen-bond acceptors (Lipinski definition) is 4. The topological polar surface area (TPSA) is 38.9 Å². The Balaban J connectivity index is 1.09. The Morgan fingerprint density at radius 2 is 0.929 bits per heavy atom. The SMILES string of the molecule is c1ccc(-c2cc(-c3cc(-c4ccc(-c5cccc6c5sc5ccccc56)cc4)cc(-c4ccc5oc6ccccc6c5c4)c3)nc(-c3ccccc3)n2)cc1. The van der Waals surface area contributed by atoms with Gasteiger partial charge >= 0.3 is 0 Å². The van der Waals surface area contributed by atoms with Crippen molar-refractivity contribution in [2.45, 2.75) is 0 Å². The number of benzene rings is 8. The molecule has 11 aromatic rings. The summed E-state index contributed by atoms with van der Waals surface area (Å²) in [7, 11) is 0. The summed E-state index contributed by atoms with van der Waals surface area (Å²) in [6, 6.07) is 68.6. The molecule has 0 aliphatic carbocycles. The molecule has 0 spiro atoms. The van der Waals surface area contributed by atoms with Crippen LogP contribution in [0.4, 0.5) is 0 Å². The zero-order valence-electron chi connectivity index (χ0n) is 30.2. The van der Waals surface area contributed by atoms with E-state index in [9.17, 15) is 0 Å². The molecule has 3 nitrogen and oxygen atoms in total. The second kappa shape index (κ2) is 13.3. The molecule has 11 rings (SSSR count). The van der Waals surface area contributed by atoms with Crippen molar-refractivity contribution in [2.24, 2.45) is 0 Å². The van der Waals surface area contributed by atoms with Gasteiger partial charge in [-0.05, 0) is 81.9 Å². The van der Waals surface area contributed by atoms with Crippen LogP contribution in [0.25, 0.3) is 109 Å². The summed E-state index contributed by atoms with van der Waals surface area (Å²) in [6.07, 6.45) is 0. The monoisotopic (exact) mass is 732 g/mol. The van der Waals surface area contributed by atoms with E-state index in [2.05, 4.69) is 158 Å². The Bertz CT molecular complexity index is 3180. The number of aromatic nitrogens is 2. The van der Waals surface area contributed by atoms with Gasteiger partial charge in [0, 0.05) is 47.6 Å². The highest BCUT2D eigenvalue weighted by Crippen LogP contribution is 2.41. The molecule has 56 heavy (non-hydrogen) atoms. The number of rotatable bonds is 6. The molecule has 0 saturated heterocycles. The molecule has 0 amide bonds. The van der Waals surface area contributed by atoms with Gasteiger partial charge in [-0.1, -0.05) is 146 Å². The largest absolute Gasteiger partial charge is 0.456 e. The van der Waals surface area contributed by atoms with Crippen LogP contribution in [-0.2, 0) is 0 Å². The number of para-hydroxylation sites is 1. The Hall–Kier alpha value is -7.14. The fourth-order valence-corrected chi connectivity index (χ4v) is 9.14. The van der Waals surface area contributed by atoms with Crippen molar-refractivity contribution >= 4 is 53.4 Å². The zero-order chi connectivity index (χ0) is 37.0. The first kappa shape index (κ1) is 32.3. The highest BCUT2D eigenvalue weighted by atomic mass is 32.1. The van der Waals surface area contributed by atoms with Gasteiger partial charge < -0.3 is 4.42 Å². The van der Waals surface area contributed by atoms with Gasteiger partial charge in [0.05, 0.1) is 11.4 Å². The lowest BCUT2D eigenvalue weighted by atomic mass is 9.93. The standard InChI is InChI=1S/C52H32N2OS/c1-3-12-35(13-4-1)46-32-47(54-52(53-46)36-14-5-2-6-15-36)40-29-38(28-39(30-40)37-26-27-49-45(31-37)42-16-7-9-20-48(42)55-49)33-22-24-34(25-23-33)41-18-11-19-44-43-17-8-10-21-50(43)56-51(41)44/h1-32H. The molecule has 0 aliphatic rings. The third kappa shape index (κ3) is 5.67. The highest BCUT2D eigenvalue weighted by molar-refractivity contribution is 7.26. The summed E-state index contributed by atoms with van der Waals surface area (Å²) in [5.74, 6) is 0.694. The van der Waals surface area contributed by atoms with Gasteiger partial charge in [0.25, 0.3) is 0 Å². The molecule has 3 aromatic heterocycles. The van der Waals surface area contributed by atoms with Gasteiger partial charge in [-0.3, -0.25) is 0 Å². The van der Waals surface area contributed by atoms with Crippen molar-refractivity contribution in [3.05, 3.63) is 194 Å². The molecule has 8 aromatic carbocycles. The Kier molecular flexibility index (Phi) is 7.68. The number of fused-ring (bicyclic) bond motifs is 6. The number of furan rings is 1. The second-order valence-corrected chi connectivity index (χ2v) is 15.2. The van der Waals surface area contributed by atoms with Crippen LogP contribution < -0.4 is 0 Å². The molecule has 0 aliphatic heterocycles. The lowest BCUT2D eigenvalue weighted by Crippen LogP contribution is -1.96. The molecule has 0 bridgehead atoms. The van der Waals surface area contributed by atoms with Crippen LogP contribution in [-0.4, -0.2) is 9.97 Å². The lowest BCUT2D eigenvalue weighted by molar-refractivity contribution is 0.669. The lowest BCUT2D eigenvalue weighted by Gasteiger charge is -2.14. The average Bonchev–Trinajstić information content (AvgIpc) is 3.85. The number of nitrogens with zero attached hydrogens (tertiary/aromatic N) is 2. The highest BCUT2D eigenvalue weighted by Gasteiger charge is 2.16. The van der Waals surface area contributed by atoms with Gasteiger partial charge in [-0.15, -0.1) is 11.3 Å². The van der Waals surface area contributed by atoms with Gasteiger partial charge in [0.15, 0.2) is 5.82 Å². The summed E-state index contributed by atoms with van der Waals surface area (Å²) in [6.45, 7) is 0. The summed E-state index contributed by atoms with van der Waals surface area (Å²) >= 11 is 1.86. The first-order chi connectivity index (χ1) is 27.7.